The standard InChI is InChI=1S/C13H16N2O3/c16-12(14-10-6-7-10)8-15(9-13(17)18)11-4-2-1-3-5-11/h1-5,10H,6-9H2,(H,14,16)(H,17,18). The SMILES string of the molecule is O=C(O)CN(CC(=O)NC1CC1)c1ccccc1. The van der Waals surface area contributed by atoms with Crippen molar-refractivity contribution in [1.82, 2.24) is 5.32 Å². The second-order valence-corrected chi connectivity index (χ2v) is 4.43. The second-order valence-electron chi connectivity index (χ2n) is 4.43. The molecule has 2 N–H and O–H groups in total. The van der Waals surface area contributed by atoms with Crippen molar-refractivity contribution in [3.05, 3.63) is 30.3 Å². The van der Waals surface area contributed by atoms with Crippen LogP contribution in [0.25, 0.3) is 0 Å². The smallest absolute Gasteiger partial charge is 0.323 e. The van der Waals surface area contributed by atoms with Gasteiger partial charge in [0.2, 0.25) is 5.91 Å². The molecule has 5 heteroatoms. The van der Waals surface area contributed by atoms with Crippen molar-refractivity contribution in [3.8, 4) is 0 Å². The number of anilines is 1. The Balaban J connectivity index is 1.99. The van der Waals surface area contributed by atoms with Crippen molar-refractivity contribution in [2.24, 2.45) is 0 Å². The highest BCUT2D eigenvalue weighted by molar-refractivity contribution is 5.84. The number of rotatable bonds is 6. The lowest BCUT2D eigenvalue weighted by atomic mass is 10.3. The number of nitrogens with one attached hydrogen (secondary N) is 1. The number of hydrogen-bond acceptors (Lipinski definition) is 3. The summed E-state index contributed by atoms with van der Waals surface area (Å²) >= 11 is 0. The second kappa shape index (κ2) is 5.53. The molecule has 1 aromatic rings. The minimum Gasteiger partial charge on any atom is -0.480 e. The maximum Gasteiger partial charge on any atom is 0.323 e. The molecule has 1 aromatic carbocycles. The summed E-state index contributed by atoms with van der Waals surface area (Å²) in [6, 6.07) is 9.39. The van der Waals surface area contributed by atoms with Gasteiger partial charge in [0.05, 0.1) is 6.54 Å². The van der Waals surface area contributed by atoms with Crippen LogP contribution in [0.15, 0.2) is 30.3 Å². The van der Waals surface area contributed by atoms with E-state index in [1.165, 1.54) is 0 Å². The fourth-order valence-electron chi connectivity index (χ4n) is 1.71. The van der Waals surface area contributed by atoms with Gasteiger partial charge < -0.3 is 15.3 Å². The number of amides is 1. The molecule has 0 saturated heterocycles. The lowest BCUT2D eigenvalue weighted by Crippen LogP contribution is -2.40. The zero-order chi connectivity index (χ0) is 13.0. The molecule has 18 heavy (non-hydrogen) atoms. The highest BCUT2D eigenvalue weighted by Crippen LogP contribution is 2.19. The Hall–Kier alpha value is -2.04. The van der Waals surface area contributed by atoms with Crippen molar-refractivity contribution in [3.63, 3.8) is 0 Å². The molecule has 1 amide bonds. The van der Waals surface area contributed by atoms with Gasteiger partial charge in [0.1, 0.15) is 6.54 Å². The molecule has 0 radical (unpaired) electrons. The van der Waals surface area contributed by atoms with Crippen LogP contribution in [0.1, 0.15) is 12.8 Å². The largest absolute Gasteiger partial charge is 0.480 e. The molecule has 96 valence electrons. The summed E-state index contributed by atoms with van der Waals surface area (Å²) in [5.74, 6) is -1.07. The molecule has 1 fully saturated rings. The highest BCUT2D eigenvalue weighted by Gasteiger charge is 2.24. The third kappa shape index (κ3) is 3.76. The Morgan fingerprint density at radius 1 is 1.22 bits per heavy atom. The molecule has 0 heterocycles. The number of carboxylic acids is 1. The van der Waals surface area contributed by atoms with E-state index in [-0.39, 0.29) is 19.0 Å². The van der Waals surface area contributed by atoms with Gasteiger partial charge in [-0.25, -0.2) is 0 Å². The number of carbonyl (C=O) groups excluding carboxylic acids is 1. The molecular formula is C13H16N2O3. The number of carbonyl (C=O) groups is 2. The molecule has 0 unspecified atom stereocenters. The fourth-order valence-corrected chi connectivity index (χ4v) is 1.71. The summed E-state index contributed by atoms with van der Waals surface area (Å²) < 4.78 is 0. The van der Waals surface area contributed by atoms with Gasteiger partial charge in [0.15, 0.2) is 0 Å². The first-order valence-electron chi connectivity index (χ1n) is 5.96. The van der Waals surface area contributed by atoms with Crippen molar-refractivity contribution < 1.29 is 14.7 Å². The van der Waals surface area contributed by atoms with E-state index in [2.05, 4.69) is 5.32 Å². The normalized spacial score (nSPS) is 14.0. The van der Waals surface area contributed by atoms with Crippen molar-refractivity contribution in [1.29, 1.82) is 0 Å². The van der Waals surface area contributed by atoms with Crippen LogP contribution < -0.4 is 10.2 Å². The highest BCUT2D eigenvalue weighted by atomic mass is 16.4. The van der Waals surface area contributed by atoms with Crippen LogP contribution in [0.4, 0.5) is 5.69 Å². The predicted octanol–water partition coefficient (Wildman–Crippen LogP) is 0.856. The van der Waals surface area contributed by atoms with Crippen molar-refractivity contribution in [2.75, 3.05) is 18.0 Å². The van der Waals surface area contributed by atoms with Gasteiger partial charge >= 0.3 is 5.97 Å². The van der Waals surface area contributed by atoms with Gasteiger partial charge in [-0.1, -0.05) is 18.2 Å². The maximum absolute atomic E-state index is 11.7. The number of nitrogens with zero attached hydrogens (tertiary/aromatic N) is 1. The molecule has 0 spiro atoms. The van der Waals surface area contributed by atoms with Gasteiger partial charge in [-0.05, 0) is 25.0 Å². The molecule has 1 aliphatic rings. The molecule has 1 saturated carbocycles. The Labute approximate surface area is 105 Å². The molecule has 5 nitrogen and oxygen atoms in total. The van der Waals surface area contributed by atoms with Crippen LogP contribution >= 0.6 is 0 Å². The molecule has 0 aromatic heterocycles. The van der Waals surface area contributed by atoms with Gasteiger partial charge in [-0.2, -0.15) is 0 Å². The van der Waals surface area contributed by atoms with E-state index in [0.29, 0.717) is 6.04 Å². The Bertz CT molecular complexity index is 429. The molecule has 1 aliphatic carbocycles. The quantitative estimate of drug-likeness (QED) is 0.783. The van der Waals surface area contributed by atoms with Gasteiger partial charge in [0, 0.05) is 11.7 Å². The molecule has 0 aliphatic heterocycles. The number of aliphatic carboxylic acids is 1. The fraction of sp³-hybridized carbons (Fsp3) is 0.385. The van der Waals surface area contributed by atoms with E-state index < -0.39 is 5.97 Å². The zero-order valence-electron chi connectivity index (χ0n) is 10.0. The maximum atomic E-state index is 11.7. The summed E-state index contributed by atoms with van der Waals surface area (Å²) in [5, 5.41) is 11.7. The Kier molecular flexibility index (Phi) is 3.82. The minimum absolute atomic E-state index is 0.0762. The topological polar surface area (TPSA) is 69.6 Å². The average molecular weight is 248 g/mol. The van der Waals surface area contributed by atoms with Crippen molar-refractivity contribution >= 4 is 17.6 Å². The first kappa shape index (κ1) is 12.4. The van der Waals surface area contributed by atoms with E-state index in [9.17, 15) is 9.59 Å². The Morgan fingerprint density at radius 3 is 2.44 bits per heavy atom. The number of para-hydroxylation sites is 1. The van der Waals surface area contributed by atoms with E-state index in [4.69, 9.17) is 5.11 Å². The number of benzene rings is 1. The molecular weight excluding hydrogens is 232 g/mol. The van der Waals surface area contributed by atoms with E-state index in [1.54, 1.807) is 17.0 Å². The first-order valence-corrected chi connectivity index (χ1v) is 5.96. The van der Waals surface area contributed by atoms with Crippen LogP contribution in [-0.4, -0.2) is 36.1 Å². The lowest BCUT2D eigenvalue weighted by molar-refractivity contribution is -0.135. The van der Waals surface area contributed by atoms with Crippen LogP contribution in [-0.2, 0) is 9.59 Å². The monoisotopic (exact) mass is 248 g/mol. The van der Waals surface area contributed by atoms with Gasteiger partial charge in [-0.15, -0.1) is 0 Å². The van der Waals surface area contributed by atoms with Crippen LogP contribution in [0, 0.1) is 0 Å². The number of hydrogen-bond donors (Lipinski definition) is 2. The lowest BCUT2D eigenvalue weighted by Gasteiger charge is -2.22. The van der Waals surface area contributed by atoms with Crippen LogP contribution in [0.2, 0.25) is 0 Å². The number of carboxylic acid groups (broad SMARTS) is 1. The summed E-state index contributed by atoms with van der Waals surface area (Å²) in [7, 11) is 0. The molecule has 2 rings (SSSR count). The third-order valence-corrected chi connectivity index (χ3v) is 2.72. The van der Waals surface area contributed by atoms with Crippen LogP contribution in [0.5, 0.6) is 0 Å². The van der Waals surface area contributed by atoms with Crippen LogP contribution in [0.3, 0.4) is 0 Å². The summed E-state index contributed by atoms with van der Waals surface area (Å²) in [6.07, 6.45) is 2.05. The Morgan fingerprint density at radius 2 is 1.89 bits per heavy atom. The molecule has 0 atom stereocenters. The van der Waals surface area contributed by atoms with E-state index >= 15 is 0 Å². The van der Waals surface area contributed by atoms with E-state index in [1.807, 2.05) is 18.2 Å². The predicted molar refractivity (Wildman–Crippen MR) is 67.5 cm³/mol. The summed E-state index contributed by atoms with van der Waals surface area (Å²) in [5.41, 5.74) is 0.742. The van der Waals surface area contributed by atoms with Gasteiger partial charge in [0.25, 0.3) is 0 Å². The van der Waals surface area contributed by atoms with E-state index in [0.717, 1.165) is 18.5 Å². The summed E-state index contributed by atoms with van der Waals surface area (Å²) in [6.45, 7) is -0.102. The minimum atomic E-state index is -0.946. The van der Waals surface area contributed by atoms with Crippen molar-refractivity contribution in [2.45, 2.75) is 18.9 Å². The third-order valence-electron chi connectivity index (χ3n) is 2.72. The molecule has 0 bridgehead atoms. The summed E-state index contributed by atoms with van der Waals surface area (Å²) in [4.78, 5) is 24.1. The zero-order valence-corrected chi connectivity index (χ0v) is 10.0. The average Bonchev–Trinajstić information content (AvgIpc) is 3.12. The first-order chi connectivity index (χ1) is 8.65. The van der Waals surface area contributed by atoms with Gasteiger partial charge in [-0.3, -0.25) is 9.59 Å².